The second-order valence-electron chi connectivity index (χ2n) is 5.96. The van der Waals surface area contributed by atoms with Crippen molar-refractivity contribution in [2.45, 2.75) is 77.2 Å². The van der Waals surface area contributed by atoms with Crippen molar-refractivity contribution >= 4 is 11.8 Å². The molecular formula is C18H28O4. The quantitative estimate of drug-likeness (QED) is 0.569. The number of aliphatic hydroxyl groups is 1. The lowest BCUT2D eigenvalue weighted by molar-refractivity contribution is -0.137. The van der Waals surface area contributed by atoms with Gasteiger partial charge in [-0.2, -0.15) is 0 Å². The second-order valence-corrected chi connectivity index (χ2v) is 5.96. The zero-order valence-corrected chi connectivity index (χ0v) is 13.5. The molecule has 4 heteroatoms. The number of allylic oxidation sites excluding steroid dienone is 3. The van der Waals surface area contributed by atoms with Crippen LogP contribution in [0.25, 0.3) is 0 Å². The van der Waals surface area contributed by atoms with E-state index in [4.69, 9.17) is 5.11 Å². The molecule has 0 saturated heterocycles. The van der Waals surface area contributed by atoms with E-state index in [1.807, 2.05) is 0 Å². The van der Waals surface area contributed by atoms with E-state index in [1.54, 1.807) is 12.2 Å². The molecule has 1 aliphatic carbocycles. The first-order valence-electron chi connectivity index (χ1n) is 8.37. The van der Waals surface area contributed by atoms with Gasteiger partial charge in [0.15, 0.2) is 5.78 Å². The van der Waals surface area contributed by atoms with E-state index in [0.29, 0.717) is 12.8 Å². The molecule has 4 nitrogen and oxygen atoms in total. The van der Waals surface area contributed by atoms with Crippen LogP contribution >= 0.6 is 0 Å². The summed E-state index contributed by atoms with van der Waals surface area (Å²) in [7, 11) is 0. The molecule has 1 aliphatic rings. The topological polar surface area (TPSA) is 74.6 Å². The SMILES string of the molecule is CCCCC[C@@H](O)/C=C/C1=C(CCCCC(=O)O)CCC1=O. The number of ketones is 1. The second kappa shape index (κ2) is 10.3. The van der Waals surface area contributed by atoms with E-state index in [0.717, 1.165) is 56.1 Å². The van der Waals surface area contributed by atoms with E-state index in [2.05, 4.69) is 6.92 Å². The maximum atomic E-state index is 11.9. The standard InChI is InChI=1S/C18H28O4/c1-2-3-4-8-15(19)11-12-16-14(10-13-17(16)20)7-5-6-9-18(21)22/h11-12,15,19H,2-10,13H2,1H3,(H,21,22)/b12-11+/t15-/m1/s1. The summed E-state index contributed by atoms with van der Waals surface area (Å²) >= 11 is 0. The summed E-state index contributed by atoms with van der Waals surface area (Å²) in [4.78, 5) is 22.4. The van der Waals surface area contributed by atoms with Crippen LogP contribution in [-0.4, -0.2) is 28.1 Å². The Hall–Kier alpha value is -1.42. The Bertz CT molecular complexity index is 434. The molecule has 0 spiro atoms. The first-order valence-corrected chi connectivity index (χ1v) is 8.37. The monoisotopic (exact) mass is 308 g/mol. The molecule has 0 saturated carbocycles. The maximum absolute atomic E-state index is 11.9. The van der Waals surface area contributed by atoms with E-state index in [-0.39, 0.29) is 12.2 Å². The van der Waals surface area contributed by atoms with Gasteiger partial charge in [0.25, 0.3) is 0 Å². The normalized spacial score (nSPS) is 16.7. The lowest BCUT2D eigenvalue weighted by Gasteiger charge is -2.06. The lowest BCUT2D eigenvalue weighted by Crippen LogP contribution is -2.03. The predicted molar refractivity (Wildman–Crippen MR) is 86.7 cm³/mol. The van der Waals surface area contributed by atoms with Crippen molar-refractivity contribution in [3.8, 4) is 0 Å². The fraction of sp³-hybridized carbons (Fsp3) is 0.667. The van der Waals surface area contributed by atoms with Crippen molar-refractivity contribution in [3.05, 3.63) is 23.3 Å². The van der Waals surface area contributed by atoms with Crippen LogP contribution in [-0.2, 0) is 9.59 Å². The van der Waals surface area contributed by atoms with Crippen molar-refractivity contribution in [2.24, 2.45) is 0 Å². The molecule has 1 atom stereocenters. The number of carbonyl (C=O) groups is 2. The van der Waals surface area contributed by atoms with E-state index in [1.165, 1.54) is 0 Å². The number of carboxylic acids is 1. The van der Waals surface area contributed by atoms with E-state index < -0.39 is 12.1 Å². The molecule has 0 heterocycles. The van der Waals surface area contributed by atoms with Gasteiger partial charge in [-0.1, -0.05) is 43.9 Å². The first kappa shape index (κ1) is 18.6. The molecule has 0 aliphatic heterocycles. The van der Waals surface area contributed by atoms with Gasteiger partial charge in [-0.05, 0) is 32.1 Å². The van der Waals surface area contributed by atoms with Crippen LogP contribution in [0, 0.1) is 0 Å². The van der Waals surface area contributed by atoms with Gasteiger partial charge in [-0.15, -0.1) is 0 Å². The number of aliphatic hydroxyl groups excluding tert-OH is 1. The zero-order valence-electron chi connectivity index (χ0n) is 13.5. The minimum atomic E-state index is -0.771. The molecule has 0 radical (unpaired) electrons. The fourth-order valence-electron chi connectivity index (χ4n) is 2.72. The Morgan fingerprint density at radius 1 is 1.23 bits per heavy atom. The minimum absolute atomic E-state index is 0.144. The lowest BCUT2D eigenvalue weighted by atomic mass is 10.0. The van der Waals surface area contributed by atoms with Crippen molar-refractivity contribution < 1.29 is 19.8 Å². The molecule has 2 N–H and O–H groups in total. The molecule has 0 aromatic carbocycles. The molecule has 0 unspecified atom stereocenters. The fourth-order valence-corrected chi connectivity index (χ4v) is 2.72. The Morgan fingerprint density at radius 2 is 2.00 bits per heavy atom. The van der Waals surface area contributed by atoms with Crippen LogP contribution in [0.3, 0.4) is 0 Å². The average Bonchev–Trinajstić information content (AvgIpc) is 2.82. The molecule has 0 bridgehead atoms. The number of carboxylic acid groups (broad SMARTS) is 1. The minimum Gasteiger partial charge on any atom is -0.481 e. The van der Waals surface area contributed by atoms with Crippen LogP contribution in [0.15, 0.2) is 23.3 Å². The van der Waals surface area contributed by atoms with Gasteiger partial charge in [-0.25, -0.2) is 0 Å². The molecule has 0 amide bonds. The van der Waals surface area contributed by atoms with Gasteiger partial charge in [0, 0.05) is 18.4 Å². The molecule has 0 aromatic rings. The van der Waals surface area contributed by atoms with Crippen molar-refractivity contribution in [3.63, 3.8) is 0 Å². The molecule has 0 aromatic heterocycles. The first-order chi connectivity index (χ1) is 10.5. The number of rotatable bonds is 11. The van der Waals surface area contributed by atoms with Crippen LogP contribution < -0.4 is 0 Å². The third kappa shape index (κ3) is 7.03. The van der Waals surface area contributed by atoms with Gasteiger partial charge in [0.05, 0.1) is 6.10 Å². The molecule has 0 fully saturated rings. The molecule has 22 heavy (non-hydrogen) atoms. The van der Waals surface area contributed by atoms with Gasteiger partial charge in [0.1, 0.15) is 0 Å². The largest absolute Gasteiger partial charge is 0.481 e. The highest BCUT2D eigenvalue weighted by molar-refractivity contribution is 6.01. The Morgan fingerprint density at radius 3 is 2.68 bits per heavy atom. The van der Waals surface area contributed by atoms with Crippen molar-refractivity contribution in [1.29, 1.82) is 0 Å². The van der Waals surface area contributed by atoms with Gasteiger partial charge < -0.3 is 10.2 Å². The van der Waals surface area contributed by atoms with Crippen LogP contribution in [0.1, 0.15) is 71.1 Å². The Balaban J connectivity index is 2.49. The summed E-state index contributed by atoms with van der Waals surface area (Å²) in [6.07, 6.45) is 10.7. The summed E-state index contributed by atoms with van der Waals surface area (Å²) in [6, 6.07) is 0. The summed E-state index contributed by atoms with van der Waals surface area (Å²) in [6.45, 7) is 2.13. The number of hydrogen-bond donors (Lipinski definition) is 2. The molecule has 124 valence electrons. The highest BCUT2D eigenvalue weighted by atomic mass is 16.4. The molecular weight excluding hydrogens is 280 g/mol. The summed E-state index contributed by atoms with van der Waals surface area (Å²) in [5.41, 5.74) is 1.86. The highest BCUT2D eigenvalue weighted by Crippen LogP contribution is 2.28. The third-order valence-electron chi connectivity index (χ3n) is 4.04. The Labute approximate surface area is 132 Å². The number of carbonyl (C=O) groups excluding carboxylic acids is 1. The van der Waals surface area contributed by atoms with Crippen molar-refractivity contribution in [2.75, 3.05) is 0 Å². The predicted octanol–water partition coefficient (Wildman–Crippen LogP) is 3.79. The maximum Gasteiger partial charge on any atom is 0.303 e. The molecule has 1 rings (SSSR count). The summed E-state index contributed by atoms with van der Waals surface area (Å²) in [5, 5.41) is 18.5. The third-order valence-corrected chi connectivity index (χ3v) is 4.04. The number of Topliss-reactive ketones (excluding diaryl/α,β-unsaturated/α-hetero) is 1. The van der Waals surface area contributed by atoms with Gasteiger partial charge in [-0.3, -0.25) is 9.59 Å². The average molecular weight is 308 g/mol. The number of hydrogen-bond acceptors (Lipinski definition) is 3. The van der Waals surface area contributed by atoms with Crippen molar-refractivity contribution in [1.82, 2.24) is 0 Å². The Kier molecular flexibility index (Phi) is 8.75. The van der Waals surface area contributed by atoms with Gasteiger partial charge in [0.2, 0.25) is 0 Å². The van der Waals surface area contributed by atoms with Gasteiger partial charge >= 0.3 is 5.97 Å². The number of aliphatic carboxylic acids is 1. The zero-order chi connectivity index (χ0) is 16.4. The van der Waals surface area contributed by atoms with Crippen LogP contribution in [0.2, 0.25) is 0 Å². The smallest absolute Gasteiger partial charge is 0.303 e. The highest BCUT2D eigenvalue weighted by Gasteiger charge is 2.20. The number of unbranched alkanes of at least 4 members (excludes halogenated alkanes) is 3. The van der Waals surface area contributed by atoms with E-state index >= 15 is 0 Å². The van der Waals surface area contributed by atoms with Crippen LogP contribution in [0.5, 0.6) is 0 Å². The summed E-state index contributed by atoms with van der Waals surface area (Å²) < 4.78 is 0. The summed E-state index contributed by atoms with van der Waals surface area (Å²) in [5.74, 6) is -0.628. The van der Waals surface area contributed by atoms with E-state index in [9.17, 15) is 14.7 Å². The van der Waals surface area contributed by atoms with Crippen LogP contribution in [0.4, 0.5) is 0 Å².